The molecule has 16 heavy (non-hydrogen) atoms. The molecule has 0 amide bonds. The van der Waals surface area contributed by atoms with Gasteiger partial charge in [0.1, 0.15) is 0 Å². The van der Waals surface area contributed by atoms with Gasteiger partial charge >= 0.3 is 11.9 Å². The Bertz CT molecular complexity index is 231. The summed E-state index contributed by atoms with van der Waals surface area (Å²) in [5.41, 5.74) is 5.63. The summed E-state index contributed by atoms with van der Waals surface area (Å²) < 4.78 is 14.7. The van der Waals surface area contributed by atoms with Gasteiger partial charge in [-0.05, 0) is 6.42 Å². The first-order valence-electron chi connectivity index (χ1n) is 5.13. The Morgan fingerprint density at radius 2 is 1.81 bits per heavy atom. The maximum Gasteiger partial charge on any atom is 0.305 e. The first kappa shape index (κ1) is 14.9. The molecule has 0 saturated carbocycles. The van der Waals surface area contributed by atoms with Gasteiger partial charge in [-0.15, -0.1) is 0 Å². The van der Waals surface area contributed by atoms with Crippen LogP contribution in [0.2, 0.25) is 0 Å². The van der Waals surface area contributed by atoms with E-state index in [0.717, 1.165) is 6.42 Å². The lowest BCUT2D eigenvalue weighted by Gasteiger charge is -2.19. The summed E-state index contributed by atoms with van der Waals surface area (Å²) in [6.45, 7) is 4.56. The third-order valence-corrected chi connectivity index (χ3v) is 1.74. The lowest BCUT2D eigenvalue weighted by atomic mass is 10.3. The van der Waals surface area contributed by atoms with Crippen LogP contribution in [-0.4, -0.2) is 37.5 Å². The third kappa shape index (κ3) is 8.19. The highest BCUT2D eigenvalue weighted by atomic mass is 16.7. The Balaban J connectivity index is 3.99. The van der Waals surface area contributed by atoms with Crippen molar-refractivity contribution in [2.75, 3.05) is 13.2 Å². The molecule has 0 aliphatic rings. The highest BCUT2D eigenvalue weighted by Crippen LogP contribution is 2.00. The van der Waals surface area contributed by atoms with Crippen LogP contribution in [0, 0.1) is 0 Å². The van der Waals surface area contributed by atoms with Crippen LogP contribution in [0.15, 0.2) is 0 Å². The quantitative estimate of drug-likeness (QED) is 0.499. The zero-order valence-corrected chi connectivity index (χ0v) is 9.89. The van der Waals surface area contributed by atoms with Crippen molar-refractivity contribution in [2.24, 2.45) is 5.73 Å². The monoisotopic (exact) mass is 233 g/mol. The second kappa shape index (κ2) is 8.06. The number of nitrogens with two attached hydrogens (primary N) is 1. The average molecular weight is 233 g/mol. The fourth-order valence-corrected chi connectivity index (χ4v) is 0.835. The van der Waals surface area contributed by atoms with E-state index in [1.54, 1.807) is 0 Å². The zero-order valence-electron chi connectivity index (χ0n) is 9.89. The molecule has 6 nitrogen and oxygen atoms in total. The Hall–Kier alpha value is -1.14. The minimum Gasteiger partial charge on any atom is -0.459 e. The van der Waals surface area contributed by atoms with E-state index in [1.165, 1.54) is 13.8 Å². The molecule has 0 heterocycles. The van der Waals surface area contributed by atoms with Crippen molar-refractivity contribution in [2.45, 2.75) is 39.5 Å². The van der Waals surface area contributed by atoms with E-state index < -0.39 is 18.2 Å². The molecule has 1 unspecified atom stereocenters. The second-order valence-electron chi connectivity index (χ2n) is 3.34. The summed E-state index contributed by atoms with van der Waals surface area (Å²) in [5, 5.41) is 0. The zero-order chi connectivity index (χ0) is 12.6. The highest BCUT2D eigenvalue weighted by molar-refractivity contribution is 5.66. The Morgan fingerprint density at radius 3 is 2.25 bits per heavy atom. The van der Waals surface area contributed by atoms with Crippen LogP contribution in [-0.2, 0) is 23.8 Å². The molecular weight excluding hydrogens is 214 g/mol. The van der Waals surface area contributed by atoms with Crippen LogP contribution in [0.1, 0.15) is 27.2 Å². The molecule has 94 valence electrons. The van der Waals surface area contributed by atoms with Crippen LogP contribution in [0.3, 0.4) is 0 Å². The summed E-state index contributed by atoms with van der Waals surface area (Å²) in [5.74, 6) is -0.956. The number of esters is 2. The minimum atomic E-state index is -0.890. The molecule has 6 heteroatoms. The van der Waals surface area contributed by atoms with Crippen molar-refractivity contribution in [3.05, 3.63) is 0 Å². The lowest BCUT2D eigenvalue weighted by molar-refractivity contribution is -0.192. The summed E-state index contributed by atoms with van der Waals surface area (Å²) in [6, 6.07) is -0.129. The van der Waals surface area contributed by atoms with Gasteiger partial charge in [-0.3, -0.25) is 9.59 Å². The van der Waals surface area contributed by atoms with E-state index in [-0.39, 0.29) is 19.3 Å². The summed E-state index contributed by atoms with van der Waals surface area (Å²) in [7, 11) is 0. The van der Waals surface area contributed by atoms with Crippen molar-refractivity contribution < 1.29 is 23.8 Å². The lowest BCUT2D eigenvalue weighted by Crippen LogP contribution is -2.33. The number of ether oxygens (including phenoxy) is 3. The molecule has 2 atom stereocenters. The molecule has 0 rings (SSSR count). The van der Waals surface area contributed by atoms with Crippen LogP contribution >= 0.6 is 0 Å². The minimum absolute atomic E-state index is 0.120. The predicted octanol–water partition coefficient (Wildman–Crippen LogP) is 0.193. The summed E-state index contributed by atoms with van der Waals surface area (Å²) >= 11 is 0. The number of hydrogen-bond donors (Lipinski definition) is 1. The van der Waals surface area contributed by atoms with Crippen LogP contribution in [0.25, 0.3) is 0 Å². The van der Waals surface area contributed by atoms with Crippen LogP contribution in [0.4, 0.5) is 0 Å². The highest BCUT2D eigenvalue weighted by Gasteiger charge is 2.15. The smallest absolute Gasteiger partial charge is 0.305 e. The molecular formula is C10H19NO5. The topological polar surface area (TPSA) is 87.8 Å². The summed E-state index contributed by atoms with van der Waals surface area (Å²) in [4.78, 5) is 21.3. The van der Waals surface area contributed by atoms with E-state index in [4.69, 9.17) is 15.2 Å². The van der Waals surface area contributed by atoms with Gasteiger partial charge in [0.05, 0.1) is 6.61 Å². The molecule has 0 aromatic rings. The maximum atomic E-state index is 10.7. The van der Waals surface area contributed by atoms with Gasteiger partial charge in [0.25, 0.3) is 0 Å². The van der Waals surface area contributed by atoms with Gasteiger partial charge in [-0.1, -0.05) is 6.92 Å². The Morgan fingerprint density at radius 1 is 1.19 bits per heavy atom. The molecule has 0 radical (unpaired) electrons. The predicted molar refractivity (Wildman–Crippen MR) is 56.4 cm³/mol. The molecule has 0 fully saturated rings. The van der Waals surface area contributed by atoms with Gasteiger partial charge in [-0.2, -0.15) is 0 Å². The second-order valence-corrected chi connectivity index (χ2v) is 3.34. The Labute approximate surface area is 95.0 Å². The van der Waals surface area contributed by atoms with Crippen molar-refractivity contribution in [3.63, 3.8) is 0 Å². The SMILES string of the molecule is CCC(N)CO[C@H](COC(C)=O)OC(C)=O. The molecule has 0 aromatic carbocycles. The number of rotatable bonds is 7. The van der Waals surface area contributed by atoms with E-state index in [1.807, 2.05) is 6.92 Å². The first-order chi connectivity index (χ1) is 7.45. The molecule has 0 aliphatic heterocycles. The fourth-order valence-electron chi connectivity index (χ4n) is 0.835. The third-order valence-electron chi connectivity index (χ3n) is 1.74. The number of carbonyl (C=O) groups is 2. The molecule has 0 aromatic heterocycles. The van der Waals surface area contributed by atoms with Crippen molar-refractivity contribution >= 4 is 11.9 Å². The standard InChI is InChI=1S/C10H19NO5/c1-4-9(11)5-15-10(16-8(3)13)6-14-7(2)12/h9-10H,4-6,11H2,1-3H3/t9?,10-/m0/s1. The van der Waals surface area contributed by atoms with Crippen molar-refractivity contribution in [3.8, 4) is 0 Å². The van der Waals surface area contributed by atoms with Gasteiger partial charge in [0.2, 0.25) is 6.29 Å². The normalized spacial score (nSPS) is 14.0. The fraction of sp³-hybridized carbons (Fsp3) is 0.800. The van der Waals surface area contributed by atoms with E-state index in [0.29, 0.717) is 0 Å². The number of hydrogen-bond acceptors (Lipinski definition) is 6. The Kier molecular flexibility index (Phi) is 7.49. The average Bonchev–Trinajstić information content (AvgIpc) is 2.20. The van der Waals surface area contributed by atoms with Crippen molar-refractivity contribution in [1.82, 2.24) is 0 Å². The molecule has 0 bridgehead atoms. The first-order valence-corrected chi connectivity index (χ1v) is 5.13. The van der Waals surface area contributed by atoms with E-state index in [2.05, 4.69) is 4.74 Å². The molecule has 0 spiro atoms. The van der Waals surface area contributed by atoms with Crippen LogP contribution < -0.4 is 5.73 Å². The van der Waals surface area contributed by atoms with Crippen LogP contribution in [0.5, 0.6) is 0 Å². The van der Waals surface area contributed by atoms with Gasteiger partial charge in [0, 0.05) is 19.9 Å². The van der Waals surface area contributed by atoms with E-state index >= 15 is 0 Å². The van der Waals surface area contributed by atoms with Gasteiger partial charge in [0.15, 0.2) is 6.61 Å². The summed E-state index contributed by atoms with van der Waals surface area (Å²) in [6.07, 6.45) is -0.139. The number of carbonyl (C=O) groups excluding carboxylic acids is 2. The van der Waals surface area contributed by atoms with Gasteiger partial charge < -0.3 is 19.9 Å². The molecule has 2 N–H and O–H groups in total. The van der Waals surface area contributed by atoms with Gasteiger partial charge in [-0.25, -0.2) is 0 Å². The van der Waals surface area contributed by atoms with Crippen molar-refractivity contribution in [1.29, 1.82) is 0 Å². The largest absolute Gasteiger partial charge is 0.459 e. The van der Waals surface area contributed by atoms with E-state index in [9.17, 15) is 9.59 Å². The maximum absolute atomic E-state index is 10.7. The molecule has 0 aliphatic carbocycles. The molecule has 0 saturated heterocycles.